The highest BCUT2D eigenvalue weighted by atomic mass is 15.4. The summed E-state index contributed by atoms with van der Waals surface area (Å²) < 4.78 is 2.19. The van der Waals surface area contributed by atoms with Gasteiger partial charge in [-0.25, -0.2) is 0 Å². The van der Waals surface area contributed by atoms with Crippen LogP contribution in [0, 0.1) is 19.8 Å². The normalized spacial score (nSPS) is 12.7. The summed E-state index contributed by atoms with van der Waals surface area (Å²) in [7, 11) is 0. The van der Waals surface area contributed by atoms with Crippen molar-refractivity contribution in [2.75, 3.05) is 5.43 Å². The van der Waals surface area contributed by atoms with Gasteiger partial charge in [-0.3, -0.25) is 4.68 Å². The SMILES string of the molecule is Cc1ccc(C)n1NC(CC(C)C)c1ccccc1. The molecule has 0 aliphatic carbocycles. The Morgan fingerprint density at radius 2 is 1.53 bits per heavy atom. The van der Waals surface area contributed by atoms with Gasteiger partial charge in [0, 0.05) is 11.4 Å². The van der Waals surface area contributed by atoms with Crippen LogP contribution >= 0.6 is 0 Å². The standard InChI is InChI=1S/C17H24N2/c1-13(2)12-17(16-8-6-5-7-9-16)18-19-14(3)10-11-15(19)4/h5-11,13,17-18H,12H2,1-4H3. The zero-order valence-corrected chi connectivity index (χ0v) is 12.4. The molecule has 0 amide bonds. The van der Waals surface area contributed by atoms with Crippen LogP contribution in [-0.4, -0.2) is 4.68 Å². The lowest BCUT2D eigenvalue weighted by molar-refractivity contribution is 0.499. The van der Waals surface area contributed by atoms with Gasteiger partial charge in [-0.1, -0.05) is 44.2 Å². The lowest BCUT2D eigenvalue weighted by atomic mass is 9.98. The van der Waals surface area contributed by atoms with Gasteiger partial charge in [-0.15, -0.1) is 0 Å². The molecule has 0 aliphatic heterocycles. The van der Waals surface area contributed by atoms with E-state index in [9.17, 15) is 0 Å². The highest BCUT2D eigenvalue weighted by Gasteiger charge is 2.14. The van der Waals surface area contributed by atoms with Crippen molar-refractivity contribution in [3.63, 3.8) is 0 Å². The molecule has 19 heavy (non-hydrogen) atoms. The number of rotatable bonds is 5. The van der Waals surface area contributed by atoms with Crippen LogP contribution in [0.2, 0.25) is 0 Å². The van der Waals surface area contributed by atoms with Crippen molar-refractivity contribution in [1.29, 1.82) is 0 Å². The lowest BCUT2D eigenvalue weighted by Crippen LogP contribution is -2.24. The predicted octanol–water partition coefficient (Wildman–Crippen LogP) is 4.44. The number of aromatic nitrogens is 1. The number of benzene rings is 1. The quantitative estimate of drug-likeness (QED) is 0.837. The van der Waals surface area contributed by atoms with Gasteiger partial charge in [0.15, 0.2) is 0 Å². The molecule has 1 aromatic heterocycles. The summed E-state index contributed by atoms with van der Waals surface area (Å²) in [6.07, 6.45) is 1.13. The monoisotopic (exact) mass is 256 g/mol. The molecule has 1 N–H and O–H groups in total. The highest BCUT2D eigenvalue weighted by molar-refractivity contribution is 5.23. The maximum Gasteiger partial charge on any atom is 0.0676 e. The minimum atomic E-state index is 0.353. The van der Waals surface area contributed by atoms with Crippen LogP contribution in [0.3, 0.4) is 0 Å². The van der Waals surface area contributed by atoms with E-state index < -0.39 is 0 Å². The van der Waals surface area contributed by atoms with E-state index in [4.69, 9.17) is 0 Å². The van der Waals surface area contributed by atoms with E-state index in [1.54, 1.807) is 0 Å². The maximum atomic E-state index is 3.66. The first-order valence-corrected chi connectivity index (χ1v) is 7.04. The molecule has 102 valence electrons. The molecule has 0 bridgehead atoms. The van der Waals surface area contributed by atoms with Crippen molar-refractivity contribution in [1.82, 2.24) is 4.68 Å². The van der Waals surface area contributed by atoms with Crippen LogP contribution in [0.1, 0.15) is 43.3 Å². The summed E-state index contributed by atoms with van der Waals surface area (Å²) in [5.74, 6) is 0.661. The van der Waals surface area contributed by atoms with Crippen molar-refractivity contribution in [2.45, 2.75) is 40.2 Å². The minimum absolute atomic E-state index is 0.353. The molecule has 1 aromatic carbocycles. The third-order valence-corrected chi connectivity index (χ3v) is 3.47. The molecular weight excluding hydrogens is 232 g/mol. The molecule has 0 aliphatic rings. The molecule has 0 saturated heterocycles. The number of hydrogen-bond acceptors (Lipinski definition) is 1. The first-order valence-electron chi connectivity index (χ1n) is 7.04. The Kier molecular flexibility index (Phi) is 4.31. The molecule has 1 unspecified atom stereocenters. The van der Waals surface area contributed by atoms with E-state index in [1.807, 2.05) is 0 Å². The van der Waals surface area contributed by atoms with Gasteiger partial charge >= 0.3 is 0 Å². The van der Waals surface area contributed by atoms with E-state index in [0.29, 0.717) is 12.0 Å². The fourth-order valence-electron chi connectivity index (χ4n) is 2.45. The molecule has 0 spiro atoms. The van der Waals surface area contributed by atoms with Gasteiger partial charge in [0.25, 0.3) is 0 Å². The van der Waals surface area contributed by atoms with Gasteiger partial charge in [-0.05, 0) is 43.9 Å². The third kappa shape index (κ3) is 3.40. The van der Waals surface area contributed by atoms with Crippen molar-refractivity contribution in [3.8, 4) is 0 Å². The average molecular weight is 256 g/mol. The first-order chi connectivity index (χ1) is 9.08. The van der Waals surface area contributed by atoms with Gasteiger partial charge in [0.1, 0.15) is 0 Å². The maximum absolute atomic E-state index is 3.66. The van der Waals surface area contributed by atoms with E-state index in [2.05, 4.69) is 80.3 Å². The van der Waals surface area contributed by atoms with Gasteiger partial charge in [0.05, 0.1) is 6.04 Å². The molecule has 0 saturated carbocycles. The first kappa shape index (κ1) is 13.7. The third-order valence-electron chi connectivity index (χ3n) is 3.47. The van der Waals surface area contributed by atoms with Crippen LogP contribution < -0.4 is 5.43 Å². The molecule has 1 heterocycles. The summed E-state index contributed by atoms with van der Waals surface area (Å²) >= 11 is 0. The Morgan fingerprint density at radius 3 is 2.05 bits per heavy atom. The molecule has 0 radical (unpaired) electrons. The average Bonchev–Trinajstić information content (AvgIpc) is 2.70. The largest absolute Gasteiger partial charge is 0.318 e. The zero-order valence-electron chi connectivity index (χ0n) is 12.4. The number of aryl methyl sites for hydroxylation is 2. The van der Waals surface area contributed by atoms with Gasteiger partial charge in [-0.2, -0.15) is 0 Å². The summed E-state index contributed by atoms with van der Waals surface area (Å²) in [4.78, 5) is 0. The van der Waals surface area contributed by atoms with Crippen molar-refractivity contribution in [3.05, 3.63) is 59.4 Å². The molecule has 1 atom stereocenters. The van der Waals surface area contributed by atoms with Crippen LogP contribution in [0.15, 0.2) is 42.5 Å². The Balaban J connectivity index is 2.24. The number of nitrogens with one attached hydrogen (secondary N) is 1. The van der Waals surface area contributed by atoms with Gasteiger partial charge < -0.3 is 5.43 Å². The Bertz CT molecular complexity index is 492. The molecule has 2 heteroatoms. The van der Waals surface area contributed by atoms with E-state index in [1.165, 1.54) is 17.0 Å². The second kappa shape index (κ2) is 5.96. The summed E-state index contributed by atoms with van der Waals surface area (Å²) in [6.45, 7) is 8.81. The number of nitrogens with zero attached hydrogens (tertiary/aromatic N) is 1. The van der Waals surface area contributed by atoms with Gasteiger partial charge in [0.2, 0.25) is 0 Å². The van der Waals surface area contributed by atoms with E-state index in [-0.39, 0.29) is 0 Å². The highest BCUT2D eigenvalue weighted by Crippen LogP contribution is 2.23. The smallest absolute Gasteiger partial charge is 0.0676 e. The van der Waals surface area contributed by atoms with E-state index in [0.717, 1.165) is 6.42 Å². The predicted molar refractivity (Wildman–Crippen MR) is 81.9 cm³/mol. The second-order valence-electron chi connectivity index (χ2n) is 5.67. The van der Waals surface area contributed by atoms with Crippen LogP contribution in [0.4, 0.5) is 0 Å². The zero-order chi connectivity index (χ0) is 13.8. The Labute approximate surface area is 116 Å². The van der Waals surface area contributed by atoms with Crippen LogP contribution in [0.25, 0.3) is 0 Å². The van der Waals surface area contributed by atoms with Crippen molar-refractivity contribution < 1.29 is 0 Å². The molecule has 0 fully saturated rings. The minimum Gasteiger partial charge on any atom is -0.318 e. The summed E-state index contributed by atoms with van der Waals surface area (Å²) in [5.41, 5.74) is 7.51. The second-order valence-corrected chi connectivity index (χ2v) is 5.67. The fraction of sp³-hybridized carbons (Fsp3) is 0.412. The topological polar surface area (TPSA) is 17.0 Å². The molecule has 2 aromatic rings. The molecular formula is C17H24N2. The molecule has 2 rings (SSSR count). The Morgan fingerprint density at radius 1 is 0.947 bits per heavy atom. The summed E-state index contributed by atoms with van der Waals surface area (Å²) in [5, 5.41) is 0. The summed E-state index contributed by atoms with van der Waals surface area (Å²) in [6, 6.07) is 15.4. The fourth-order valence-corrected chi connectivity index (χ4v) is 2.45. The van der Waals surface area contributed by atoms with Crippen molar-refractivity contribution in [2.24, 2.45) is 5.92 Å². The number of hydrogen-bond donors (Lipinski definition) is 1. The molecule has 2 nitrogen and oxygen atoms in total. The lowest BCUT2D eigenvalue weighted by Gasteiger charge is -2.25. The van der Waals surface area contributed by atoms with Crippen LogP contribution in [0.5, 0.6) is 0 Å². The van der Waals surface area contributed by atoms with E-state index >= 15 is 0 Å². The Hall–Kier alpha value is -1.70. The van der Waals surface area contributed by atoms with Crippen LogP contribution in [-0.2, 0) is 0 Å². The van der Waals surface area contributed by atoms with Crippen molar-refractivity contribution >= 4 is 0 Å².